The van der Waals surface area contributed by atoms with Gasteiger partial charge in [0.15, 0.2) is 0 Å². The van der Waals surface area contributed by atoms with Gasteiger partial charge in [0.25, 0.3) is 5.91 Å². The van der Waals surface area contributed by atoms with Crippen LogP contribution in [-0.2, 0) is 4.79 Å². The Labute approximate surface area is 208 Å². The van der Waals surface area contributed by atoms with E-state index in [1.165, 1.54) is 12.8 Å². The number of amides is 2. The number of aromatic nitrogens is 3. The normalized spacial score (nSPS) is 13.2. The summed E-state index contributed by atoms with van der Waals surface area (Å²) in [6, 6.07) is 5.22. The second-order valence-electron chi connectivity index (χ2n) is 7.77. The third-order valence-electron chi connectivity index (χ3n) is 5.43. The highest BCUT2D eigenvalue weighted by Crippen LogP contribution is 2.27. The largest absolute Gasteiger partial charge is 0.353 e. The van der Waals surface area contributed by atoms with Gasteiger partial charge in [0, 0.05) is 50.9 Å². The van der Waals surface area contributed by atoms with Crippen molar-refractivity contribution in [1.82, 2.24) is 25.2 Å². The van der Waals surface area contributed by atoms with Crippen LogP contribution < -0.4 is 10.2 Å². The Morgan fingerprint density at radius 2 is 1.82 bits per heavy atom. The fourth-order valence-electron chi connectivity index (χ4n) is 3.56. The van der Waals surface area contributed by atoms with Crippen molar-refractivity contribution in [3.05, 3.63) is 42.0 Å². The van der Waals surface area contributed by atoms with Gasteiger partial charge >= 0.3 is 0 Å². The number of unbranched alkanes of at least 4 members (excludes halogenated alkanes) is 1. The average molecular weight is 487 g/mol. The number of rotatable bonds is 10. The minimum absolute atomic E-state index is 0.131. The third-order valence-corrected chi connectivity index (χ3v) is 6.61. The Hall–Kier alpha value is -2.68. The number of nitrogens with zero attached hydrogens (tertiary/aromatic N) is 5. The standard InChI is InChI=1S/C23H32N6O2S.C2H6/c1-3-4-16-32-23-18(2)21(26-17-27-23)29-14-12-28(13-15-29)20(30)9-7-11-25-22(31)19-8-5-6-10-24-19;1-2/h5-6,8,10,17H,3-4,7,9,11-16H2,1-2H3,(H,25,31);1-2H3. The molecular formula is C25H38N6O2S. The first-order chi connectivity index (χ1) is 16.6. The van der Waals surface area contributed by atoms with E-state index in [0.717, 1.165) is 35.2 Å². The molecule has 1 aliphatic heterocycles. The van der Waals surface area contributed by atoms with Crippen molar-refractivity contribution in [3.63, 3.8) is 0 Å². The van der Waals surface area contributed by atoms with Crippen LogP contribution in [0.1, 0.15) is 62.5 Å². The Balaban J connectivity index is 0.00000199. The summed E-state index contributed by atoms with van der Waals surface area (Å²) in [5.41, 5.74) is 1.51. The quantitative estimate of drug-likeness (QED) is 0.309. The molecule has 0 atom stereocenters. The van der Waals surface area contributed by atoms with E-state index in [4.69, 9.17) is 0 Å². The molecule has 0 spiro atoms. The summed E-state index contributed by atoms with van der Waals surface area (Å²) in [6.45, 7) is 11.6. The molecule has 186 valence electrons. The number of pyridine rings is 1. The fourth-order valence-corrected chi connectivity index (χ4v) is 4.61. The number of hydrogen-bond acceptors (Lipinski definition) is 7. The van der Waals surface area contributed by atoms with Gasteiger partial charge < -0.3 is 15.1 Å². The van der Waals surface area contributed by atoms with Crippen molar-refractivity contribution in [2.24, 2.45) is 0 Å². The number of carbonyl (C=O) groups is 2. The van der Waals surface area contributed by atoms with Crippen LogP contribution in [0, 0.1) is 6.92 Å². The maximum absolute atomic E-state index is 12.6. The summed E-state index contributed by atoms with van der Waals surface area (Å²) in [7, 11) is 0. The highest BCUT2D eigenvalue weighted by atomic mass is 32.2. The monoisotopic (exact) mass is 486 g/mol. The van der Waals surface area contributed by atoms with Crippen LogP contribution in [0.15, 0.2) is 35.7 Å². The minimum Gasteiger partial charge on any atom is -0.353 e. The Morgan fingerprint density at radius 1 is 1.06 bits per heavy atom. The lowest BCUT2D eigenvalue weighted by Crippen LogP contribution is -2.49. The van der Waals surface area contributed by atoms with Crippen LogP contribution in [0.4, 0.5) is 5.82 Å². The van der Waals surface area contributed by atoms with E-state index >= 15 is 0 Å². The molecule has 0 radical (unpaired) electrons. The van der Waals surface area contributed by atoms with E-state index in [-0.39, 0.29) is 11.8 Å². The van der Waals surface area contributed by atoms with Crippen LogP contribution in [0.5, 0.6) is 0 Å². The number of anilines is 1. The highest BCUT2D eigenvalue weighted by Gasteiger charge is 2.23. The molecular weight excluding hydrogens is 448 g/mol. The minimum atomic E-state index is -0.209. The zero-order chi connectivity index (χ0) is 24.8. The fraction of sp³-hybridized carbons (Fsp3) is 0.560. The lowest BCUT2D eigenvalue weighted by atomic mass is 10.2. The van der Waals surface area contributed by atoms with Gasteiger partial charge in [0.05, 0.1) is 0 Å². The molecule has 2 aromatic heterocycles. The first kappa shape index (κ1) is 27.6. The lowest BCUT2D eigenvalue weighted by molar-refractivity contribution is -0.131. The topological polar surface area (TPSA) is 91.3 Å². The Kier molecular flexibility index (Phi) is 12.4. The summed E-state index contributed by atoms with van der Waals surface area (Å²) >= 11 is 1.79. The number of hydrogen-bond donors (Lipinski definition) is 1. The summed E-state index contributed by atoms with van der Waals surface area (Å²) in [4.78, 5) is 41.7. The van der Waals surface area contributed by atoms with Crippen LogP contribution in [0.25, 0.3) is 0 Å². The van der Waals surface area contributed by atoms with E-state index < -0.39 is 0 Å². The van der Waals surface area contributed by atoms with Gasteiger partial charge in [0.1, 0.15) is 22.9 Å². The molecule has 0 saturated carbocycles. The van der Waals surface area contributed by atoms with Crippen molar-refractivity contribution in [1.29, 1.82) is 0 Å². The summed E-state index contributed by atoms with van der Waals surface area (Å²) in [6.07, 6.45) is 6.63. The van der Waals surface area contributed by atoms with Gasteiger partial charge in [-0.05, 0) is 37.7 Å². The van der Waals surface area contributed by atoms with Gasteiger partial charge in [-0.25, -0.2) is 9.97 Å². The van der Waals surface area contributed by atoms with E-state index in [9.17, 15) is 9.59 Å². The molecule has 9 heteroatoms. The smallest absolute Gasteiger partial charge is 0.269 e. The Bertz CT molecular complexity index is 888. The van der Waals surface area contributed by atoms with E-state index in [0.29, 0.717) is 38.2 Å². The molecule has 8 nitrogen and oxygen atoms in total. The molecule has 34 heavy (non-hydrogen) atoms. The van der Waals surface area contributed by atoms with Crippen LogP contribution in [0.2, 0.25) is 0 Å². The van der Waals surface area contributed by atoms with Gasteiger partial charge in [0.2, 0.25) is 5.91 Å². The zero-order valence-electron chi connectivity index (χ0n) is 20.9. The zero-order valence-corrected chi connectivity index (χ0v) is 21.7. The van der Waals surface area contributed by atoms with Crippen LogP contribution >= 0.6 is 11.8 Å². The van der Waals surface area contributed by atoms with E-state index in [2.05, 4.69) is 39.0 Å². The van der Waals surface area contributed by atoms with Crippen molar-refractivity contribution >= 4 is 29.4 Å². The number of piperazine rings is 1. The Morgan fingerprint density at radius 3 is 2.50 bits per heavy atom. The third kappa shape index (κ3) is 8.27. The second-order valence-corrected chi connectivity index (χ2v) is 8.86. The molecule has 1 N–H and O–H groups in total. The van der Waals surface area contributed by atoms with Gasteiger partial charge in [-0.1, -0.05) is 33.3 Å². The first-order valence-corrected chi connectivity index (χ1v) is 13.2. The molecule has 0 aliphatic carbocycles. The summed E-state index contributed by atoms with van der Waals surface area (Å²) in [5, 5.41) is 3.87. The number of carbonyl (C=O) groups excluding carboxylic acids is 2. The maximum Gasteiger partial charge on any atom is 0.269 e. The predicted octanol–water partition coefficient (Wildman–Crippen LogP) is 3.96. The van der Waals surface area contributed by atoms with Crippen LogP contribution in [0.3, 0.4) is 0 Å². The highest BCUT2D eigenvalue weighted by molar-refractivity contribution is 7.99. The maximum atomic E-state index is 12.6. The molecule has 0 unspecified atom stereocenters. The van der Waals surface area contributed by atoms with Gasteiger partial charge in [-0.3, -0.25) is 14.6 Å². The molecule has 0 aromatic carbocycles. The molecule has 1 fully saturated rings. The van der Waals surface area contributed by atoms with Crippen molar-refractivity contribution < 1.29 is 9.59 Å². The summed E-state index contributed by atoms with van der Waals surface area (Å²) in [5.74, 6) is 1.97. The van der Waals surface area contributed by atoms with Crippen molar-refractivity contribution in [2.75, 3.05) is 43.4 Å². The lowest BCUT2D eigenvalue weighted by Gasteiger charge is -2.36. The predicted molar refractivity (Wildman–Crippen MR) is 138 cm³/mol. The molecule has 0 bridgehead atoms. The number of nitrogens with one attached hydrogen (secondary N) is 1. The van der Waals surface area contributed by atoms with Crippen LogP contribution in [-0.4, -0.2) is 70.1 Å². The molecule has 1 aliphatic rings. The molecule has 3 heterocycles. The second kappa shape index (κ2) is 15.3. The van der Waals surface area contributed by atoms with Crippen molar-refractivity contribution in [2.45, 2.75) is 58.4 Å². The average Bonchev–Trinajstić information content (AvgIpc) is 2.89. The SMILES string of the molecule is CC.CCCCSc1ncnc(N2CCN(C(=O)CCCNC(=O)c3ccccn3)CC2)c1C. The summed E-state index contributed by atoms with van der Waals surface area (Å²) < 4.78 is 0. The van der Waals surface area contributed by atoms with Gasteiger partial charge in [-0.2, -0.15) is 0 Å². The molecule has 2 aromatic rings. The van der Waals surface area contributed by atoms with E-state index in [1.54, 1.807) is 42.5 Å². The van der Waals surface area contributed by atoms with Gasteiger partial charge in [-0.15, -0.1) is 11.8 Å². The van der Waals surface area contributed by atoms with E-state index in [1.807, 2.05) is 18.7 Å². The molecule has 3 rings (SSSR count). The number of thioether (sulfide) groups is 1. The first-order valence-electron chi connectivity index (χ1n) is 12.3. The molecule has 1 saturated heterocycles. The van der Waals surface area contributed by atoms with Crippen molar-refractivity contribution in [3.8, 4) is 0 Å². The molecule has 2 amide bonds.